The summed E-state index contributed by atoms with van der Waals surface area (Å²) in [5.74, 6) is -1.85. The smallest absolute Gasteiger partial charge is 0.416 e. The number of alkyl halides is 3. The molecule has 1 fully saturated rings. The second-order valence-corrected chi connectivity index (χ2v) is 6.72. The lowest BCUT2D eigenvalue weighted by atomic mass is 10.0. The molecule has 0 saturated heterocycles. The minimum Gasteiger partial charge on any atom is -0.478 e. The molecule has 2 aromatic rings. The number of carbonyl (C=O) groups excluding carboxylic acids is 1. The molecule has 27 heavy (non-hydrogen) atoms. The summed E-state index contributed by atoms with van der Waals surface area (Å²) in [5.41, 5.74) is -0.547. The Bertz CT molecular complexity index is 887. The van der Waals surface area contributed by atoms with E-state index in [0.29, 0.717) is 12.2 Å². The average molecular weight is 381 g/mol. The molecule has 0 bridgehead atoms. The fraction of sp³-hybridized carbons (Fsp3) is 0.368. The monoisotopic (exact) mass is 381 g/mol. The van der Waals surface area contributed by atoms with Crippen molar-refractivity contribution in [3.63, 3.8) is 0 Å². The number of carbonyl (C=O) groups is 2. The van der Waals surface area contributed by atoms with E-state index in [2.05, 4.69) is 0 Å². The van der Waals surface area contributed by atoms with Crippen LogP contribution in [0.4, 0.5) is 13.2 Å². The molecule has 1 saturated carbocycles. The maximum Gasteiger partial charge on any atom is 0.416 e. The van der Waals surface area contributed by atoms with Crippen molar-refractivity contribution < 1.29 is 32.3 Å². The van der Waals surface area contributed by atoms with E-state index in [4.69, 9.17) is 9.52 Å². The molecule has 1 aromatic carbocycles. The van der Waals surface area contributed by atoms with Gasteiger partial charge in [0.2, 0.25) is 5.91 Å². The molecule has 2 atom stereocenters. The van der Waals surface area contributed by atoms with Crippen molar-refractivity contribution in [2.45, 2.75) is 32.0 Å². The van der Waals surface area contributed by atoms with E-state index in [9.17, 15) is 22.8 Å². The predicted octanol–water partition coefficient (Wildman–Crippen LogP) is 4.07. The number of halogens is 3. The third kappa shape index (κ3) is 3.84. The molecule has 3 rings (SSSR count). The van der Waals surface area contributed by atoms with Crippen molar-refractivity contribution in [2.75, 3.05) is 7.05 Å². The minimum atomic E-state index is -4.46. The van der Waals surface area contributed by atoms with Gasteiger partial charge >= 0.3 is 12.1 Å². The summed E-state index contributed by atoms with van der Waals surface area (Å²) in [4.78, 5) is 25.0. The number of hydrogen-bond acceptors (Lipinski definition) is 3. The summed E-state index contributed by atoms with van der Waals surface area (Å²) >= 11 is 0. The largest absolute Gasteiger partial charge is 0.478 e. The zero-order valence-corrected chi connectivity index (χ0v) is 14.7. The highest BCUT2D eigenvalue weighted by Gasteiger charge is 2.48. The highest BCUT2D eigenvalue weighted by molar-refractivity contribution is 5.89. The van der Waals surface area contributed by atoms with Gasteiger partial charge in [0.05, 0.1) is 12.1 Å². The number of carboxylic acid groups (broad SMARTS) is 1. The molecule has 144 valence electrons. The quantitative estimate of drug-likeness (QED) is 0.848. The number of aryl methyl sites for hydroxylation is 1. The first-order valence-electron chi connectivity index (χ1n) is 8.33. The molecule has 2 unspecified atom stereocenters. The zero-order chi connectivity index (χ0) is 19.9. The first kappa shape index (κ1) is 19.0. The van der Waals surface area contributed by atoms with Gasteiger partial charge < -0.3 is 14.4 Å². The molecule has 1 aliphatic rings. The lowest BCUT2D eigenvalue weighted by molar-refractivity contribution is -0.138. The fourth-order valence-corrected chi connectivity index (χ4v) is 3.32. The number of aromatic carboxylic acids is 1. The number of furan rings is 1. The predicted molar refractivity (Wildman–Crippen MR) is 89.2 cm³/mol. The molecule has 0 spiro atoms. The Morgan fingerprint density at radius 1 is 1.30 bits per heavy atom. The molecule has 1 aromatic heterocycles. The maximum absolute atomic E-state index is 13.2. The summed E-state index contributed by atoms with van der Waals surface area (Å²) in [5, 5.41) is 9.04. The van der Waals surface area contributed by atoms with Crippen LogP contribution in [0.25, 0.3) is 0 Å². The van der Waals surface area contributed by atoms with Crippen molar-refractivity contribution >= 4 is 11.9 Å². The van der Waals surface area contributed by atoms with Gasteiger partial charge in [0.25, 0.3) is 0 Å². The van der Waals surface area contributed by atoms with Crippen LogP contribution < -0.4 is 0 Å². The number of benzene rings is 1. The van der Waals surface area contributed by atoms with E-state index in [1.807, 2.05) is 0 Å². The highest BCUT2D eigenvalue weighted by atomic mass is 19.4. The van der Waals surface area contributed by atoms with Crippen LogP contribution in [-0.4, -0.2) is 28.9 Å². The van der Waals surface area contributed by atoms with E-state index in [-0.39, 0.29) is 29.3 Å². The fourth-order valence-electron chi connectivity index (χ4n) is 3.32. The first-order valence-corrected chi connectivity index (χ1v) is 8.33. The van der Waals surface area contributed by atoms with Crippen LogP contribution >= 0.6 is 0 Å². The third-order valence-electron chi connectivity index (χ3n) is 4.74. The topological polar surface area (TPSA) is 70.8 Å². The molecule has 0 aliphatic heterocycles. The number of carboxylic acids is 1. The molecular formula is C19H18F3NO4. The standard InChI is InChI=1S/C19H18F3NO4/c1-10-13(18(25)26)7-11(27-10)9-23(2)17(24)15-8-14(15)12-5-3-4-6-16(12)19(20,21)22/h3-7,14-15H,8-9H2,1-2H3,(H,25,26). The van der Waals surface area contributed by atoms with Gasteiger partial charge in [-0.2, -0.15) is 13.2 Å². The van der Waals surface area contributed by atoms with Gasteiger partial charge in [-0.25, -0.2) is 4.79 Å². The van der Waals surface area contributed by atoms with Crippen molar-refractivity contribution in [1.29, 1.82) is 0 Å². The first-order chi connectivity index (χ1) is 12.6. The van der Waals surface area contributed by atoms with Gasteiger partial charge in [0.15, 0.2) is 0 Å². The molecule has 5 nitrogen and oxygen atoms in total. The number of nitrogens with zero attached hydrogens (tertiary/aromatic N) is 1. The van der Waals surface area contributed by atoms with E-state index in [0.717, 1.165) is 6.07 Å². The third-order valence-corrected chi connectivity index (χ3v) is 4.74. The molecular weight excluding hydrogens is 363 g/mol. The zero-order valence-electron chi connectivity index (χ0n) is 14.7. The minimum absolute atomic E-state index is 0.0225. The molecule has 1 aliphatic carbocycles. The van der Waals surface area contributed by atoms with Crippen LogP contribution in [0.1, 0.15) is 45.3 Å². The summed E-state index contributed by atoms with van der Waals surface area (Å²) in [6.07, 6.45) is -4.11. The average Bonchev–Trinajstić information content (AvgIpc) is 3.30. The van der Waals surface area contributed by atoms with Crippen molar-refractivity contribution in [2.24, 2.45) is 5.92 Å². The van der Waals surface area contributed by atoms with Crippen LogP contribution in [0.5, 0.6) is 0 Å². The van der Waals surface area contributed by atoms with E-state index >= 15 is 0 Å². The summed E-state index contributed by atoms with van der Waals surface area (Å²) in [6.45, 7) is 1.57. The molecule has 1 N–H and O–H groups in total. The SMILES string of the molecule is Cc1oc(CN(C)C(=O)C2CC2c2ccccc2C(F)(F)F)cc1C(=O)O. The lowest BCUT2D eigenvalue weighted by Gasteiger charge is -2.17. The molecule has 8 heteroatoms. The van der Waals surface area contributed by atoms with Gasteiger partial charge in [0.1, 0.15) is 17.1 Å². The van der Waals surface area contributed by atoms with Crippen LogP contribution in [0.15, 0.2) is 34.7 Å². The Labute approximate surface area is 153 Å². The Hall–Kier alpha value is -2.77. The maximum atomic E-state index is 13.2. The Morgan fingerprint density at radius 2 is 1.96 bits per heavy atom. The second kappa shape index (κ2) is 6.75. The summed E-state index contributed by atoms with van der Waals surface area (Å²) < 4.78 is 44.8. The molecule has 1 amide bonds. The second-order valence-electron chi connectivity index (χ2n) is 6.72. The van der Waals surface area contributed by atoms with Crippen LogP contribution in [-0.2, 0) is 17.5 Å². The number of rotatable bonds is 5. The Balaban J connectivity index is 1.70. The lowest BCUT2D eigenvalue weighted by Crippen LogP contribution is -2.28. The summed E-state index contributed by atoms with van der Waals surface area (Å²) in [6, 6.07) is 6.66. The van der Waals surface area contributed by atoms with E-state index in [1.165, 1.54) is 43.1 Å². The Kier molecular flexibility index (Phi) is 4.75. The van der Waals surface area contributed by atoms with Gasteiger partial charge in [0, 0.05) is 13.0 Å². The normalized spacial score (nSPS) is 19.0. The number of hydrogen-bond donors (Lipinski definition) is 1. The van der Waals surface area contributed by atoms with Gasteiger partial charge in [-0.1, -0.05) is 18.2 Å². The van der Waals surface area contributed by atoms with Crippen molar-refractivity contribution in [1.82, 2.24) is 4.90 Å². The van der Waals surface area contributed by atoms with Crippen molar-refractivity contribution in [3.8, 4) is 0 Å². The summed E-state index contributed by atoms with van der Waals surface area (Å²) in [7, 11) is 1.52. The van der Waals surface area contributed by atoms with E-state index < -0.39 is 29.5 Å². The van der Waals surface area contributed by atoms with Gasteiger partial charge in [-0.3, -0.25) is 4.79 Å². The highest BCUT2D eigenvalue weighted by Crippen LogP contribution is 2.51. The van der Waals surface area contributed by atoms with Gasteiger partial charge in [-0.15, -0.1) is 0 Å². The van der Waals surface area contributed by atoms with Crippen LogP contribution in [0.3, 0.4) is 0 Å². The molecule has 1 heterocycles. The molecule has 0 radical (unpaired) electrons. The van der Waals surface area contributed by atoms with Gasteiger partial charge in [-0.05, 0) is 37.0 Å². The number of amides is 1. The van der Waals surface area contributed by atoms with Crippen LogP contribution in [0, 0.1) is 12.8 Å². The van der Waals surface area contributed by atoms with Crippen LogP contribution in [0.2, 0.25) is 0 Å². The Morgan fingerprint density at radius 3 is 2.56 bits per heavy atom. The van der Waals surface area contributed by atoms with Crippen molar-refractivity contribution in [3.05, 3.63) is 58.5 Å². The van der Waals surface area contributed by atoms with E-state index in [1.54, 1.807) is 0 Å².